The van der Waals surface area contributed by atoms with Crippen molar-refractivity contribution in [3.8, 4) is 0 Å². The van der Waals surface area contributed by atoms with Gasteiger partial charge in [0.15, 0.2) is 0 Å². The second-order valence-electron chi connectivity index (χ2n) is 6.15. The van der Waals surface area contributed by atoms with Crippen molar-refractivity contribution in [1.29, 1.82) is 0 Å². The number of rotatable bonds is 4. The van der Waals surface area contributed by atoms with Gasteiger partial charge in [0.2, 0.25) is 11.8 Å². The molecule has 2 unspecified atom stereocenters. The average Bonchev–Trinajstić information content (AvgIpc) is 3.04. The van der Waals surface area contributed by atoms with Crippen LogP contribution in [0.15, 0.2) is 0 Å². The van der Waals surface area contributed by atoms with E-state index >= 15 is 0 Å². The van der Waals surface area contributed by atoms with Crippen molar-refractivity contribution in [3.63, 3.8) is 0 Å². The molecular formula is C14H25N3O2. The Balaban J connectivity index is 1.95. The van der Waals surface area contributed by atoms with E-state index in [1.165, 1.54) is 0 Å². The van der Waals surface area contributed by atoms with Gasteiger partial charge in [-0.15, -0.1) is 0 Å². The number of nitrogens with zero attached hydrogens (tertiary/aromatic N) is 2. The lowest BCUT2D eigenvalue weighted by atomic mass is 10.0. The van der Waals surface area contributed by atoms with Crippen molar-refractivity contribution in [2.24, 2.45) is 11.7 Å². The van der Waals surface area contributed by atoms with Gasteiger partial charge in [0.25, 0.3) is 0 Å². The molecule has 2 aliphatic rings. The fourth-order valence-electron chi connectivity index (χ4n) is 2.83. The quantitative estimate of drug-likeness (QED) is 0.810. The van der Waals surface area contributed by atoms with Crippen LogP contribution in [-0.4, -0.2) is 52.8 Å². The van der Waals surface area contributed by atoms with Gasteiger partial charge in [0, 0.05) is 26.1 Å². The van der Waals surface area contributed by atoms with Crippen molar-refractivity contribution in [1.82, 2.24) is 9.80 Å². The van der Waals surface area contributed by atoms with Crippen LogP contribution in [0.3, 0.4) is 0 Å². The first-order valence-corrected chi connectivity index (χ1v) is 7.25. The van der Waals surface area contributed by atoms with Crippen LogP contribution in [0.2, 0.25) is 0 Å². The third-order valence-electron chi connectivity index (χ3n) is 4.18. The van der Waals surface area contributed by atoms with Crippen molar-refractivity contribution in [2.45, 2.75) is 58.2 Å². The first-order chi connectivity index (χ1) is 8.91. The highest BCUT2D eigenvalue weighted by atomic mass is 16.2. The van der Waals surface area contributed by atoms with E-state index in [0.29, 0.717) is 12.6 Å². The fourth-order valence-corrected chi connectivity index (χ4v) is 2.83. The second kappa shape index (κ2) is 5.49. The molecule has 0 spiro atoms. The molecule has 1 heterocycles. The van der Waals surface area contributed by atoms with Gasteiger partial charge in [-0.2, -0.15) is 0 Å². The fraction of sp³-hybridized carbons (Fsp3) is 0.857. The Labute approximate surface area is 115 Å². The molecule has 1 aliphatic carbocycles. The zero-order chi connectivity index (χ0) is 14.2. The molecule has 1 saturated carbocycles. The largest absolute Gasteiger partial charge is 0.339 e. The summed E-state index contributed by atoms with van der Waals surface area (Å²) in [5, 5.41) is 0. The van der Waals surface area contributed by atoms with Crippen molar-refractivity contribution >= 4 is 11.8 Å². The summed E-state index contributed by atoms with van der Waals surface area (Å²) in [5.41, 5.74) is 5.92. The summed E-state index contributed by atoms with van der Waals surface area (Å²) in [6.45, 7) is 6.92. The standard InChI is InChI=1S/C14H25N3O2/c1-9(2)13(15)14(19)16-7-6-12(8-16)17(10(3)18)11-4-5-11/h9,11-13H,4-8,15H2,1-3H3. The minimum atomic E-state index is -0.426. The molecule has 19 heavy (non-hydrogen) atoms. The van der Waals surface area contributed by atoms with E-state index < -0.39 is 6.04 Å². The predicted molar refractivity (Wildman–Crippen MR) is 73.3 cm³/mol. The van der Waals surface area contributed by atoms with E-state index in [-0.39, 0.29) is 23.8 Å². The summed E-state index contributed by atoms with van der Waals surface area (Å²) in [5.74, 6) is 0.311. The maximum atomic E-state index is 12.2. The molecule has 2 amide bonds. The summed E-state index contributed by atoms with van der Waals surface area (Å²) in [7, 11) is 0. The van der Waals surface area contributed by atoms with Crippen molar-refractivity contribution in [3.05, 3.63) is 0 Å². The van der Waals surface area contributed by atoms with Crippen molar-refractivity contribution < 1.29 is 9.59 Å². The molecule has 2 atom stereocenters. The van der Waals surface area contributed by atoms with Crippen LogP contribution in [0.25, 0.3) is 0 Å². The molecule has 0 radical (unpaired) electrons. The molecule has 0 aromatic rings. The molecule has 2 N–H and O–H groups in total. The maximum Gasteiger partial charge on any atom is 0.239 e. The van der Waals surface area contributed by atoms with E-state index in [0.717, 1.165) is 25.8 Å². The first-order valence-electron chi connectivity index (χ1n) is 7.25. The highest BCUT2D eigenvalue weighted by Crippen LogP contribution is 2.31. The van der Waals surface area contributed by atoms with Gasteiger partial charge in [-0.3, -0.25) is 9.59 Å². The number of carbonyl (C=O) groups excluding carboxylic acids is 2. The number of carbonyl (C=O) groups is 2. The Kier molecular flexibility index (Phi) is 4.13. The van der Waals surface area contributed by atoms with Gasteiger partial charge in [-0.25, -0.2) is 0 Å². The monoisotopic (exact) mass is 267 g/mol. The van der Waals surface area contributed by atoms with Crippen LogP contribution >= 0.6 is 0 Å². The minimum absolute atomic E-state index is 0.0248. The Morgan fingerprint density at radius 1 is 1.21 bits per heavy atom. The van der Waals surface area contributed by atoms with E-state index in [1.54, 1.807) is 6.92 Å². The number of amides is 2. The number of nitrogens with two attached hydrogens (primary N) is 1. The summed E-state index contributed by atoms with van der Waals surface area (Å²) in [6.07, 6.45) is 3.09. The van der Waals surface area contributed by atoms with Gasteiger partial charge >= 0.3 is 0 Å². The molecule has 108 valence electrons. The molecular weight excluding hydrogens is 242 g/mol. The maximum absolute atomic E-state index is 12.2. The Bertz CT molecular complexity index is 366. The molecule has 0 aromatic heterocycles. The van der Waals surface area contributed by atoms with Crippen LogP contribution in [0.5, 0.6) is 0 Å². The average molecular weight is 267 g/mol. The summed E-state index contributed by atoms with van der Waals surface area (Å²) in [6, 6.07) is 0.176. The highest BCUT2D eigenvalue weighted by Gasteiger charge is 2.40. The van der Waals surface area contributed by atoms with Crippen LogP contribution < -0.4 is 5.73 Å². The summed E-state index contributed by atoms with van der Waals surface area (Å²) >= 11 is 0. The normalized spacial score (nSPS) is 24.7. The summed E-state index contributed by atoms with van der Waals surface area (Å²) in [4.78, 5) is 27.7. The van der Waals surface area contributed by atoms with Crippen LogP contribution in [-0.2, 0) is 9.59 Å². The lowest BCUT2D eigenvalue weighted by Crippen LogP contribution is -2.48. The van der Waals surface area contributed by atoms with Gasteiger partial charge < -0.3 is 15.5 Å². The highest BCUT2D eigenvalue weighted by molar-refractivity contribution is 5.82. The van der Waals surface area contributed by atoms with Gasteiger partial charge in [0.05, 0.1) is 12.1 Å². The molecule has 0 aromatic carbocycles. The molecule has 0 bridgehead atoms. The third-order valence-corrected chi connectivity index (χ3v) is 4.18. The van der Waals surface area contributed by atoms with Gasteiger partial charge in [-0.1, -0.05) is 13.8 Å². The smallest absolute Gasteiger partial charge is 0.239 e. The lowest BCUT2D eigenvalue weighted by Gasteiger charge is -2.29. The zero-order valence-electron chi connectivity index (χ0n) is 12.1. The Morgan fingerprint density at radius 3 is 2.32 bits per heavy atom. The molecule has 2 fully saturated rings. The third kappa shape index (κ3) is 3.08. The molecule has 1 saturated heterocycles. The van der Waals surface area contributed by atoms with Crippen LogP contribution in [0.1, 0.15) is 40.0 Å². The molecule has 2 rings (SSSR count). The lowest BCUT2D eigenvalue weighted by molar-refractivity contribution is -0.135. The zero-order valence-corrected chi connectivity index (χ0v) is 12.1. The Hall–Kier alpha value is -1.10. The summed E-state index contributed by atoms with van der Waals surface area (Å²) < 4.78 is 0. The van der Waals surface area contributed by atoms with E-state index in [9.17, 15) is 9.59 Å². The van der Waals surface area contributed by atoms with E-state index in [4.69, 9.17) is 5.73 Å². The van der Waals surface area contributed by atoms with E-state index in [1.807, 2.05) is 23.6 Å². The van der Waals surface area contributed by atoms with Crippen LogP contribution in [0, 0.1) is 5.92 Å². The van der Waals surface area contributed by atoms with Gasteiger partial charge in [-0.05, 0) is 25.2 Å². The van der Waals surface area contributed by atoms with Crippen LogP contribution in [0.4, 0.5) is 0 Å². The second-order valence-corrected chi connectivity index (χ2v) is 6.15. The number of likely N-dealkylation sites (tertiary alicyclic amines) is 1. The first kappa shape index (κ1) is 14.3. The molecule has 5 nitrogen and oxygen atoms in total. The predicted octanol–water partition coefficient (Wildman–Crippen LogP) is 0.582. The van der Waals surface area contributed by atoms with Crippen molar-refractivity contribution in [2.75, 3.05) is 13.1 Å². The SMILES string of the molecule is CC(=O)N(C1CC1)C1CCN(C(=O)C(N)C(C)C)C1. The van der Waals surface area contributed by atoms with Gasteiger partial charge in [0.1, 0.15) is 0 Å². The minimum Gasteiger partial charge on any atom is -0.339 e. The van der Waals surface area contributed by atoms with E-state index in [2.05, 4.69) is 0 Å². The Morgan fingerprint density at radius 2 is 1.84 bits per heavy atom. The molecule has 1 aliphatic heterocycles. The number of hydrogen-bond donors (Lipinski definition) is 1. The topological polar surface area (TPSA) is 66.6 Å². The number of hydrogen-bond acceptors (Lipinski definition) is 3. The molecule has 5 heteroatoms.